The number of halogens is 1. The number of rotatable bonds is 17. The Morgan fingerprint density at radius 2 is 1.96 bits per heavy atom. The van der Waals surface area contributed by atoms with Gasteiger partial charge < -0.3 is 35.1 Å². The van der Waals surface area contributed by atoms with Crippen LogP contribution in [0.25, 0.3) is 0 Å². The van der Waals surface area contributed by atoms with Crippen LogP contribution in [0.5, 0.6) is 0 Å². The molecule has 258 valence electrons. The van der Waals surface area contributed by atoms with Gasteiger partial charge in [0.25, 0.3) is 5.91 Å². The van der Waals surface area contributed by atoms with Gasteiger partial charge in [-0.25, -0.2) is 0 Å². The summed E-state index contributed by atoms with van der Waals surface area (Å²) >= 11 is 5.80. The van der Waals surface area contributed by atoms with Crippen molar-refractivity contribution >= 4 is 48.4 Å². The highest BCUT2D eigenvalue weighted by molar-refractivity contribution is 6.47. The summed E-state index contributed by atoms with van der Waals surface area (Å²) in [5.74, 6) is 1.32. The van der Waals surface area contributed by atoms with Crippen molar-refractivity contribution in [2.45, 2.75) is 64.6 Å². The smallest absolute Gasteiger partial charge is 0.424 e. The largest absolute Gasteiger partial charge is 0.480 e. The van der Waals surface area contributed by atoms with Crippen LogP contribution >= 0.6 is 11.6 Å². The molecule has 2 amide bonds. The number of amidine groups is 2. The summed E-state index contributed by atoms with van der Waals surface area (Å²) in [7, 11) is -1.65. The Morgan fingerprint density at radius 1 is 1.21 bits per heavy atom. The van der Waals surface area contributed by atoms with Gasteiger partial charge in [0, 0.05) is 41.9 Å². The highest BCUT2D eigenvalue weighted by Crippen LogP contribution is 2.37. The van der Waals surface area contributed by atoms with E-state index in [4.69, 9.17) is 46.9 Å². The van der Waals surface area contributed by atoms with Crippen LogP contribution in [0.2, 0.25) is 0 Å². The van der Waals surface area contributed by atoms with Crippen LogP contribution < -0.4 is 10.6 Å². The molecule has 2 aliphatic rings. The zero-order valence-corrected chi connectivity index (χ0v) is 28.4. The standard InChI is InChI=1S/C30H43BClN5O5.C3H7NO/c1-5-9-23(13-14-31(39)40)30(38)35-16-17-41-18-19-42-24-11-12-27-25(20-24)28(22(6-2)10-8-15-32)36-26(7-3)29(34)37(27)21(4)33;1-2-4-3-5/h5-6,8-10,13-15,24-27,33-34,39-40H,1-2,7,11-12,16-20H2,3-4H3,(H,35,38);3H,2H2,1H3,(H,4,5)/b14-13+,15-8+,22-10+,23-9+,33-21?,34-29?;/t24?,25?,26-,27?;/m0./s1. The van der Waals surface area contributed by atoms with E-state index >= 15 is 0 Å². The molecule has 1 saturated carbocycles. The predicted molar refractivity (Wildman–Crippen MR) is 190 cm³/mol. The Hall–Kier alpha value is -3.62. The van der Waals surface area contributed by atoms with Crippen molar-refractivity contribution in [3.8, 4) is 0 Å². The molecule has 14 heteroatoms. The van der Waals surface area contributed by atoms with Crippen molar-refractivity contribution < 1.29 is 29.1 Å². The third-order valence-corrected chi connectivity index (χ3v) is 7.48. The first-order chi connectivity index (χ1) is 22.6. The van der Waals surface area contributed by atoms with E-state index in [-0.39, 0.29) is 48.7 Å². The molecule has 1 aliphatic heterocycles. The van der Waals surface area contributed by atoms with Crippen LogP contribution in [0.3, 0.4) is 0 Å². The Morgan fingerprint density at radius 3 is 2.51 bits per heavy atom. The maximum Gasteiger partial charge on any atom is 0.480 e. The molecule has 1 heterocycles. The average molecular weight is 673 g/mol. The van der Waals surface area contributed by atoms with Crippen LogP contribution in [-0.4, -0.2) is 103 Å². The van der Waals surface area contributed by atoms with Crippen molar-refractivity contribution in [1.82, 2.24) is 15.5 Å². The van der Waals surface area contributed by atoms with E-state index in [0.717, 1.165) is 36.6 Å². The molecule has 4 atom stereocenters. The fourth-order valence-electron chi connectivity index (χ4n) is 5.26. The molecule has 3 unspecified atom stereocenters. The number of carbonyl (C=O) groups is 2. The Kier molecular flexibility index (Phi) is 20.8. The number of ether oxygens (including phenoxy) is 2. The van der Waals surface area contributed by atoms with Gasteiger partial charge in [-0.1, -0.05) is 74.1 Å². The van der Waals surface area contributed by atoms with E-state index in [1.165, 1.54) is 23.8 Å². The highest BCUT2D eigenvalue weighted by Gasteiger charge is 2.43. The third-order valence-electron chi connectivity index (χ3n) is 7.34. The lowest BCUT2D eigenvalue weighted by Crippen LogP contribution is -2.52. The lowest BCUT2D eigenvalue weighted by molar-refractivity contribution is -0.117. The predicted octanol–water partition coefficient (Wildman–Crippen LogP) is 3.48. The Bertz CT molecular complexity index is 1220. The molecule has 0 saturated heterocycles. The Balaban J connectivity index is 0.00000204. The van der Waals surface area contributed by atoms with Crippen molar-refractivity contribution in [2.75, 3.05) is 32.9 Å². The molecule has 0 radical (unpaired) electrons. The summed E-state index contributed by atoms with van der Waals surface area (Å²) in [5, 5.41) is 40.4. The van der Waals surface area contributed by atoms with Crippen molar-refractivity contribution in [3.63, 3.8) is 0 Å². The molecule has 0 aromatic carbocycles. The first-order valence-electron chi connectivity index (χ1n) is 15.7. The summed E-state index contributed by atoms with van der Waals surface area (Å²) in [4.78, 5) is 28.4. The highest BCUT2D eigenvalue weighted by atomic mass is 35.5. The van der Waals surface area contributed by atoms with Crippen LogP contribution in [0.4, 0.5) is 0 Å². The average Bonchev–Trinajstić information content (AvgIpc) is 3.17. The van der Waals surface area contributed by atoms with Crippen LogP contribution in [0.1, 0.15) is 46.5 Å². The van der Waals surface area contributed by atoms with Gasteiger partial charge in [-0.2, -0.15) is 0 Å². The van der Waals surface area contributed by atoms with Gasteiger partial charge in [0.2, 0.25) is 6.41 Å². The molecular weight excluding hydrogens is 623 g/mol. The van der Waals surface area contributed by atoms with Gasteiger partial charge >= 0.3 is 7.12 Å². The van der Waals surface area contributed by atoms with E-state index in [2.05, 4.69) is 23.8 Å². The van der Waals surface area contributed by atoms with Crippen LogP contribution in [0.15, 0.2) is 77.3 Å². The molecule has 0 aromatic rings. The quantitative estimate of drug-likeness (QED) is 0.0260. The molecule has 1 fully saturated rings. The summed E-state index contributed by atoms with van der Waals surface area (Å²) in [6.07, 6.45) is 13.1. The number of nitrogens with zero attached hydrogens (tertiary/aromatic N) is 2. The second-order valence-electron chi connectivity index (χ2n) is 10.6. The van der Waals surface area contributed by atoms with E-state index in [9.17, 15) is 9.59 Å². The zero-order chi connectivity index (χ0) is 35.2. The lowest BCUT2D eigenvalue weighted by Gasteiger charge is -2.42. The Labute approximate surface area is 284 Å². The van der Waals surface area contributed by atoms with Crippen molar-refractivity contribution in [2.24, 2.45) is 10.9 Å². The number of hydrogen-bond donors (Lipinski definition) is 6. The molecule has 1 aliphatic carbocycles. The number of nitrogens with one attached hydrogen (secondary N) is 4. The summed E-state index contributed by atoms with van der Waals surface area (Å²) in [5.41, 5.74) is 3.38. The maximum atomic E-state index is 12.3. The van der Waals surface area contributed by atoms with E-state index in [0.29, 0.717) is 44.1 Å². The minimum Gasteiger partial charge on any atom is -0.424 e. The van der Waals surface area contributed by atoms with Crippen LogP contribution in [-0.2, 0) is 19.1 Å². The second-order valence-corrected chi connectivity index (χ2v) is 10.8. The fraction of sp³-hybridized carbons (Fsp3) is 0.485. The van der Waals surface area contributed by atoms with Gasteiger partial charge in [-0.05, 0) is 45.1 Å². The number of hydrogen-bond acceptors (Lipinski definition) is 9. The van der Waals surface area contributed by atoms with E-state index < -0.39 is 7.12 Å². The molecule has 2 rings (SSSR count). The van der Waals surface area contributed by atoms with E-state index in [1.54, 1.807) is 19.1 Å². The van der Waals surface area contributed by atoms with Gasteiger partial charge in [-0.15, -0.1) is 0 Å². The number of amides is 2. The minimum atomic E-state index is -1.65. The SMILES string of the molecule is C=C/C=C(\C=C\B(O)O)C(=O)NCCOCCOC1CCC2C(C1)C(/C(C=C)=C/C=C/Cl)=N[C@@H](CC)C(=N)N2C(C)=N.CCNC=O. The normalized spacial score (nSPS) is 21.6. The van der Waals surface area contributed by atoms with Gasteiger partial charge in [0.1, 0.15) is 11.9 Å². The zero-order valence-electron chi connectivity index (χ0n) is 27.7. The van der Waals surface area contributed by atoms with Gasteiger partial charge in [0.15, 0.2) is 0 Å². The number of aliphatic imine (C=N–C) groups is 1. The summed E-state index contributed by atoms with van der Waals surface area (Å²) in [6.45, 7) is 15.1. The van der Waals surface area contributed by atoms with Crippen molar-refractivity contribution in [3.05, 3.63) is 72.3 Å². The van der Waals surface area contributed by atoms with Gasteiger partial charge in [0.05, 0.1) is 31.8 Å². The molecule has 0 spiro atoms. The molecule has 6 N–H and O–H groups in total. The van der Waals surface area contributed by atoms with Crippen molar-refractivity contribution in [1.29, 1.82) is 10.8 Å². The second kappa shape index (κ2) is 23.7. The van der Waals surface area contributed by atoms with Gasteiger partial charge in [-0.3, -0.25) is 25.4 Å². The van der Waals surface area contributed by atoms with Crippen LogP contribution in [0, 0.1) is 16.7 Å². The summed E-state index contributed by atoms with van der Waals surface area (Å²) < 4.78 is 11.8. The number of allylic oxidation sites excluding steroid dienone is 6. The topological polar surface area (TPSA) is 180 Å². The monoisotopic (exact) mass is 672 g/mol. The first-order valence-corrected chi connectivity index (χ1v) is 16.1. The maximum absolute atomic E-state index is 12.3. The third kappa shape index (κ3) is 14.4. The first kappa shape index (κ1) is 41.4. The molecule has 12 nitrogen and oxygen atoms in total. The number of fused-ring (bicyclic) bond motifs is 1. The van der Waals surface area contributed by atoms with E-state index in [1.807, 2.05) is 24.8 Å². The minimum absolute atomic E-state index is 0.0464. The fourth-order valence-corrected chi connectivity index (χ4v) is 5.33. The number of carbonyl (C=O) groups excluding carboxylic acids is 2. The molecule has 0 aromatic heterocycles. The molecule has 0 bridgehead atoms. The molecule has 47 heavy (non-hydrogen) atoms. The molecular formula is C33H50BClN6O6. The summed E-state index contributed by atoms with van der Waals surface area (Å²) in [6, 6.07) is -0.438. The lowest BCUT2D eigenvalue weighted by atomic mass is 9.77.